The van der Waals surface area contributed by atoms with Gasteiger partial charge in [0.1, 0.15) is 0 Å². The minimum atomic E-state index is -0.605. The van der Waals surface area contributed by atoms with Crippen LogP contribution in [0.25, 0.3) is 0 Å². The summed E-state index contributed by atoms with van der Waals surface area (Å²) in [5.41, 5.74) is 5.34. The highest BCUT2D eigenvalue weighted by molar-refractivity contribution is 5.87. The molecule has 0 atom stereocenters. The number of rotatable bonds is 5. The third-order valence-electron chi connectivity index (χ3n) is 2.66. The van der Waals surface area contributed by atoms with Crippen LogP contribution in [0, 0.1) is 0 Å². The quantitative estimate of drug-likeness (QED) is 0.665. The van der Waals surface area contributed by atoms with Crippen LogP contribution in [-0.2, 0) is 4.79 Å². The van der Waals surface area contributed by atoms with Crippen molar-refractivity contribution in [2.75, 3.05) is 13.1 Å². The summed E-state index contributed by atoms with van der Waals surface area (Å²) in [5, 5.41) is 0. The van der Waals surface area contributed by atoms with Crippen molar-refractivity contribution in [1.29, 1.82) is 0 Å². The van der Waals surface area contributed by atoms with Crippen LogP contribution in [0.2, 0.25) is 0 Å². The van der Waals surface area contributed by atoms with Crippen molar-refractivity contribution < 1.29 is 4.79 Å². The van der Waals surface area contributed by atoms with E-state index in [-0.39, 0.29) is 5.91 Å². The highest BCUT2D eigenvalue weighted by Crippen LogP contribution is 2.30. The largest absolute Gasteiger partial charge is 0.334 e. The number of hydrogen-bond donors (Lipinski definition) is 1. The molecule has 2 N–H and O–H groups in total. The number of nitrogens with two attached hydrogens (primary N) is 1. The molecule has 78 valence electrons. The average Bonchev–Trinajstić information content (AvgIpc) is 2.13. The van der Waals surface area contributed by atoms with Crippen molar-refractivity contribution in [1.82, 2.24) is 4.90 Å². The summed E-state index contributed by atoms with van der Waals surface area (Å²) in [7, 11) is 0. The molecule has 1 amide bonds. The summed E-state index contributed by atoms with van der Waals surface area (Å²) < 4.78 is 0. The normalized spacial score (nSPS) is 18.1. The molecule has 1 aliphatic carbocycles. The molecule has 3 nitrogen and oxygen atoms in total. The molecule has 1 fully saturated rings. The first-order chi connectivity index (χ1) is 6.64. The predicted molar refractivity (Wildman–Crippen MR) is 57.7 cm³/mol. The van der Waals surface area contributed by atoms with Crippen LogP contribution in [0.1, 0.15) is 19.3 Å². The summed E-state index contributed by atoms with van der Waals surface area (Å²) >= 11 is 0. The molecule has 14 heavy (non-hydrogen) atoms. The van der Waals surface area contributed by atoms with Crippen molar-refractivity contribution in [2.24, 2.45) is 5.73 Å². The van der Waals surface area contributed by atoms with Gasteiger partial charge in [0.2, 0.25) is 5.91 Å². The lowest BCUT2D eigenvalue weighted by Crippen LogP contribution is -2.59. The molecule has 3 heteroatoms. The fraction of sp³-hybridized carbons (Fsp3) is 0.545. The first kappa shape index (κ1) is 11.0. The Morgan fingerprint density at radius 2 is 1.86 bits per heavy atom. The van der Waals surface area contributed by atoms with Crippen molar-refractivity contribution in [3.8, 4) is 0 Å². The molecule has 0 spiro atoms. The van der Waals surface area contributed by atoms with Gasteiger partial charge in [0, 0.05) is 13.1 Å². The van der Waals surface area contributed by atoms with Crippen LogP contribution in [0.3, 0.4) is 0 Å². The Kier molecular flexibility index (Phi) is 3.47. The van der Waals surface area contributed by atoms with Gasteiger partial charge >= 0.3 is 0 Å². The molecule has 0 aromatic carbocycles. The van der Waals surface area contributed by atoms with Gasteiger partial charge in [-0.1, -0.05) is 12.2 Å². The van der Waals surface area contributed by atoms with E-state index in [0.29, 0.717) is 13.1 Å². The second-order valence-electron chi connectivity index (χ2n) is 3.80. The third kappa shape index (κ3) is 2.04. The van der Waals surface area contributed by atoms with Crippen LogP contribution < -0.4 is 5.73 Å². The van der Waals surface area contributed by atoms with E-state index in [1.165, 1.54) is 0 Å². The molecule has 1 rings (SSSR count). The first-order valence-corrected chi connectivity index (χ1v) is 4.94. The van der Waals surface area contributed by atoms with Gasteiger partial charge in [-0.2, -0.15) is 0 Å². The van der Waals surface area contributed by atoms with E-state index < -0.39 is 5.54 Å². The van der Waals surface area contributed by atoms with Gasteiger partial charge in [-0.3, -0.25) is 4.79 Å². The minimum absolute atomic E-state index is 0.0311. The number of carbonyl (C=O) groups excluding carboxylic acids is 1. The van der Waals surface area contributed by atoms with Crippen LogP contribution in [-0.4, -0.2) is 29.4 Å². The zero-order valence-electron chi connectivity index (χ0n) is 8.54. The number of nitrogens with zero attached hydrogens (tertiary/aromatic N) is 1. The molecule has 0 unspecified atom stereocenters. The van der Waals surface area contributed by atoms with Gasteiger partial charge in [0.05, 0.1) is 5.54 Å². The van der Waals surface area contributed by atoms with Gasteiger partial charge in [0.15, 0.2) is 0 Å². The zero-order chi connectivity index (χ0) is 10.6. The second-order valence-corrected chi connectivity index (χ2v) is 3.80. The van der Waals surface area contributed by atoms with E-state index in [1.807, 2.05) is 0 Å². The van der Waals surface area contributed by atoms with Crippen LogP contribution in [0.15, 0.2) is 25.3 Å². The lowest BCUT2D eigenvalue weighted by molar-refractivity contribution is -0.139. The predicted octanol–water partition coefficient (Wildman–Crippen LogP) is 1.07. The molecular formula is C11H18N2O. The standard InChI is InChI=1S/C11H18N2O/c1-3-8-13(9-4-2)10(14)11(12)6-5-7-11/h3-4H,1-2,5-9,12H2. The van der Waals surface area contributed by atoms with Crippen molar-refractivity contribution >= 4 is 5.91 Å². The summed E-state index contributed by atoms with van der Waals surface area (Å²) in [6.07, 6.45) is 6.08. The summed E-state index contributed by atoms with van der Waals surface area (Å²) in [6.45, 7) is 8.33. The van der Waals surface area contributed by atoms with E-state index in [1.54, 1.807) is 17.1 Å². The maximum absolute atomic E-state index is 11.9. The molecular weight excluding hydrogens is 176 g/mol. The maximum Gasteiger partial charge on any atom is 0.243 e. The Hall–Kier alpha value is -1.09. The smallest absolute Gasteiger partial charge is 0.243 e. The van der Waals surface area contributed by atoms with E-state index >= 15 is 0 Å². The minimum Gasteiger partial charge on any atom is -0.334 e. The van der Waals surface area contributed by atoms with E-state index in [2.05, 4.69) is 13.2 Å². The highest BCUT2D eigenvalue weighted by atomic mass is 16.2. The van der Waals surface area contributed by atoms with Crippen molar-refractivity contribution in [3.63, 3.8) is 0 Å². The Balaban J connectivity index is 2.61. The first-order valence-electron chi connectivity index (χ1n) is 4.94. The second kappa shape index (κ2) is 4.42. The van der Waals surface area contributed by atoms with Gasteiger partial charge < -0.3 is 10.6 Å². The van der Waals surface area contributed by atoms with Gasteiger partial charge in [-0.05, 0) is 19.3 Å². The van der Waals surface area contributed by atoms with Gasteiger partial charge in [-0.15, -0.1) is 13.2 Å². The fourth-order valence-corrected chi connectivity index (χ4v) is 1.64. The Morgan fingerprint density at radius 1 is 1.36 bits per heavy atom. The molecule has 1 aliphatic rings. The summed E-state index contributed by atoms with van der Waals surface area (Å²) in [6, 6.07) is 0. The summed E-state index contributed by atoms with van der Waals surface area (Å²) in [4.78, 5) is 13.6. The SMILES string of the molecule is C=CCN(CC=C)C(=O)C1(N)CCC1. The number of carbonyl (C=O) groups is 1. The Bertz CT molecular complexity index is 234. The zero-order valence-corrected chi connectivity index (χ0v) is 8.54. The Morgan fingerprint density at radius 3 is 2.14 bits per heavy atom. The monoisotopic (exact) mass is 194 g/mol. The van der Waals surface area contributed by atoms with Crippen molar-refractivity contribution in [3.05, 3.63) is 25.3 Å². The lowest BCUT2D eigenvalue weighted by atomic mass is 9.76. The molecule has 0 heterocycles. The molecule has 0 aromatic rings. The molecule has 0 aromatic heterocycles. The summed E-state index contributed by atoms with van der Waals surface area (Å²) in [5.74, 6) is 0.0311. The van der Waals surface area contributed by atoms with Crippen molar-refractivity contribution in [2.45, 2.75) is 24.8 Å². The molecule has 0 radical (unpaired) electrons. The third-order valence-corrected chi connectivity index (χ3v) is 2.66. The van der Waals surface area contributed by atoms with Crippen LogP contribution in [0.5, 0.6) is 0 Å². The molecule has 1 saturated carbocycles. The molecule has 0 bridgehead atoms. The topological polar surface area (TPSA) is 46.3 Å². The average molecular weight is 194 g/mol. The fourth-order valence-electron chi connectivity index (χ4n) is 1.64. The Labute approximate surface area is 85.3 Å². The van der Waals surface area contributed by atoms with E-state index in [0.717, 1.165) is 19.3 Å². The highest BCUT2D eigenvalue weighted by Gasteiger charge is 2.42. The number of hydrogen-bond acceptors (Lipinski definition) is 2. The number of amides is 1. The van der Waals surface area contributed by atoms with Gasteiger partial charge in [0.25, 0.3) is 0 Å². The van der Waals surface area contributed by atoms with Crippen LogP contribution >= 0.6 is 0 Å². The van der Waals surface area contributed by atoms with E-state index in [9.17, 15) is 4.79 Å². The lowest BCUT2D eigenvalue weighted by Gasteiger charge is -2.39. The van der Waals surface area contributed by atoms with Gasteiger partial charge in [-0.25, -0.2) is 0 Å². The van der Waals surface area contributed by atoms with Crippen LogP contribution in [0.4, 0.5) is 0 Å². The molecule has 0 saturated heterocycles. The molecule has 0 aliphatic heterocycles. The van der Waals surface area contributed by atoms with E-state index in [4.69, 9.17) is 5.73 Å². The maximum atomic E-state index is 11.9.